The first-order chi connectivity index (χ1) is 16.1. The Labute approximate surface area is 194 Å². The fourth-order valence-corrected chi connectivity index (χ4v) is 4.93. The molecular formula is C25H31N5O3. The Morgan fingerprint density at radius 3 is 2.91 bits per heavy atom. The summed E-state index contributed by atoms with van der Waals surface area (Å²) in [7, 11) is 1.69. The lowest BCUT2D eigenvalue weighted by atomic mass is 9.97. The number of ether oxygens (including phenoxy) is 1. The van der Waals surface area contributed by atoms with E-state index in [1.165, 1.54) is 0 Å². The van der Waals surface area contributed by atoms with Gasteiger partial charge in [-0.15, -0.1) is 0 Å². The van der Waals surface area contributed by atoms with Gasteiger partial charge in [-0.2, -0.15) is 0 Å². The number of carbonyl (C=O) groups excluding carboxylic acids is 1. The van der Waals surface area contributed by atoms with Crippen molar-refractivity contribution in [2.45, 2.75) is 45.1 Å². The van der Waals surface area contributed by atoms with Crippen LogP contribution in [0.4, 0.5) is 0 Å². The molecule has 5 rings (SSSR count). The number of oxime groups is 1. The van der Waals surface area contributed by atoms with Gasteiger partial charge >= 0.3 is 0 Å². The second-order valence-corrected chi connectivity index (χ2v) is 8.98. The van der Waals surface area contributed by atoms with Gasteiger partial charge in [-0.3, -0.25) is 4.79 Å². The van der Waals surface area contributed by atoms with Crippen LogP contribution in [0.25, 0.3) is 11.8 Å². The summed E-state index contributed by atoms with van der Waals surface area (Å²) in [5.41, 5.74) is 4.13. The van der Waals surface area contributed by atoms with Crippen LogP contribution in [0, 0.1) is 6.92 Å². The SMILES string of the molecule is COc1cc(C=C2CCCN3C2=NOC[C@@H]3CN2CCCCC2=O)ccc1-n1cnc(C)c1. The van der Waals surface area contributed by atoms with E-state index in [-0.39, 0.29) is 11.9 Å². The van der Waals surface area contributed by atoms with Gasteiger partial charge in [0.05, 0.1) is 30.9 Å². The molecule has 2 saturated heterocycles. The first kappa shape index (κ1) is 21.6. The quantitative estimate of drug-likeness (QED) is 0.700. The fraction of sp³-hybridized carbons (Fsp3) is 0.480. The van der Waals surface area contributed by atoms with Crippen LogP contribution < -0.4 is 4.74 Å². The highest BCUT2D eigenvalue weighted by molar-refractivity contribution is 6.03. The van der Waals surface area contributed by atoms with Gasteiger partial charge in [0.15, 0.2) is 5.84 Å². The number of nitrogens with zero attached hydrogens (tertiary/aromatic N) is 5. The Morgan fingerprint density at radius 2 is 2.12 bits per heavy atom. The number of piperidine rings is 2. The molecule has 2 aromatic rings. The van der Waals surface area contributed by atoms with Crippen LogP contribution >= 0.6 is 0 Å². The summed E-state index contributed by atoms with van der Waals surface area (Å²) < 4.78 is 7.65. The van der Waals surface area contributed by atoms with Crippen molar-refractivity contribution in [3.63, 3.8) is 0 Å². The smallest absolute Gasteiger partial charge is 0.222 e. The number of hydrogen-bond acceptors (Lipinski definition) is 6. The summed E-state index contributed by atoms with van der Waals surface area (Å²) >= 11 is 0. The number of hydrogen-bond donors (Lipinski definition) is 0. The van der Waals surface area contributed by atoms with Gasteiger partial charge < -0.3 is 23.9 Å². The van der Waals surface area contributed by atoms with Crippen LogP contribution in [0.5, 0.6) is 5.75 Å². The van der Waals surface area contributed by atoms with E-state index in [4.69, 9.17) is 9.57 Å². The van der Waals surface area contributed by atoms with Gasteiger partial charge in [0, 0.05) is 32.3 Å². The van der Waals surface area contributed by atoms with Crippen LogP contribution in [0.3, 0.4) is 0 Å². The molecule has 0 saturated carbocycles. The minimum atomic E-state index is 0.143. The monoisotopic (exact) mass is 449 g/mol. The van der Waals surface area contributed by atoms with Crippen molar-refractivity contribution in [2.75, 3.05) is 33.4 Å². The number of methoxy groups -OCH3 is 1. The van der Waals surface area contributed by atoms with Crippen LogP contribution in [0.15, 0.2) is 41.5 Å². The number of fused-ring (bicyclic) bond motifs is 1. The van der Waals surface area contributed by atoms with Crippen LogP contribution in [-0.2, 0) is 9.63 Å². The molecule has 3 aliphatic rings. The van der Waals surface area contributed by atoms with Crippen molar-refractivity contribution in [3.8, 4) is 11.4 Å². The maximum Gasteiger partial charge on any atom is 0.222 e. The van der Waals surface area contributed by atoms with E-state index in [9.17, 15) is 4.79 Å². The third-order valence-corrected chi connectivity index (χ3v) is 6.65. The number of likely N-dealkylation sites (tertiary alicyclic amines) is 1. The maximum atomic E-state index is 12.3. The molecule has 1 amide bonds. The summed E-state index contributed by atoms with van der Waals surface area (Å²) in [5, 5.41) is 4.43. The molecule has 2 fully saturated rings. The molecule has 8 nitrogen and oxygen atoms in total. The van der Waals surface area contributed by atoms with E-state index in [1.807, 2.05) is 28.7 Å². The Morgan fingerprint density at radius 1 is 1.21 bits per heavy atom. The minimum absolute atomic E-state index is 0.143. The largest absolute Gasteiger partial charge is 0.495 e. The van der Waals surface area contributed by atoms with E-state index in [0.29, 0.717) is 19.6 Å². The van der Waals surface area contributed by atoms with Gasteiger partial charge in [0.1, 0.15) is 12.4 Å². The van der Waals surface area contributed by atoms with Crippen molar-refractivity contribution in [3.05, 3.63) is 47.6 Å². The van der Waals surface area contributed by atoms with Crippen molar-refractivity contribution in [2.24, 2.45) is 5.16 Å². The average molecular weight is 450 g/mol. The molecule has 8 heteroatoms. The summed E-state index contributed by atoms with van der Waals surface area (Å²) in [5.74, 6) is 1.95. The molecule has 3 aliphatic heterocycles. The highest BCUT2D eigenvalue weighted by Gasteiger charge is 2.34. The summed E-state index contributed by atoms with van der Waals surface area (Å²) in [6, 6.07) is 6.33. The Kier molecular flexibility index (Phi) is 6.07. The van der Waals surface area contributed by atoms with E-state index < -0.39 is 0 Å². The number of imidazole rings is 1. The fourth-order valence-electron chi connectivity index (χ4n) is 4.93. The molecular weight excluding hydrogens is 418 g/mol. The molecule has 0 spiro atoms. The molecule has 0 unspecified atom stereocenters. The van der Waals surface area contributed by atoms with E-state index in [0.717, 1.165) is 72.9 Å². The Hall–Kier alpha value is -3.29. The third-order valence-electron chi connectivity index (χ3n) is 6.65. The van der Waals surface area contributed by atoms with Gasteiger partial charge in [-0.25, -0.2) is 4.98 Å². The predicted octanol–water partition coefficient (Wildman–Crippen LogP) is 3.39. The number of aryl methyl sites for hydroxylation is 1. The summed E-state index contributed by atoms with van der Waals surface area (Å²) in [6.45, 7) is 4.98. The van der Waals surface area contributed by atoms with Crippen molar-refractivity contribution < 1.29 is 14.4 Å². The second kappa shape index (κ2) is 9.29. The zero-order valence-electron chi connectivity index (χ0n) is 19.4. The maximum absolute atomic E-state index is 12.3. The van der Waals surface area contributed by atoms with Gasteiger partial charge in [0.2, 0.25) is 5.91 Å². The Bertz CT molecular complexity index is 1090. The highest BCUT2D eigenvalue weighted by Crippen LogP contribution is 2.29. The van der Waals surface area contributed by atoms with Crippen LogP contribution in [-0.4, -0.2) is 70.5 Å². The lowest BCUT2D eigenvalue weighted by Crippen LogP contribution is -2.55. The van der Waals surface area contributed by atoms with Crippen LogP contribution in [0.2, 0.25) is 0 Å². The molecule has 1 aromatic carbocycles. The standard InChI is InChI=1S/C25H31N5O3/c1-18-14-29(17-26-18)22-9-8-19(13-23(22)32-2)12-20-6-5-11-30-21(16-33-27-25(20)30)15-28-10-4-3-7-24(28)31/h8-9,12-14,17,21H,3-7,10-11,15-16H2,1-2H3/t21-/m0/s1. The highest BCUT2D eigenvalue weighted by atomic mass is 16.6. The lowest BCUT2D eigenvalue weighted by molar-refractivity contribution is -0.134. The normalized spacial score (nSPS) is 22.1. The van der Waals surface area contributed by atoms with E-state index in [1.54, 1.807) is 13.4 Å². The van der Waals surface area contributed by atoms with Gasteiger partial charge in [0.25, 0.3) is 0 Å². The zero-order chi connectivity index (χ0) is 22.8. The number of rotatable bonds is 5. The molecule has 0 radical (unpaired) electrons. The number of amides is 1. The number of aromatic nitrogens is 2. The summed E-state index contributed by atoms with van der Waals surface area (Å²) in [4.78, 5) is 26.6. The number of amidine groups is 1. The molecule has 0 N–H and O–H groups in total. The molecule has 0 bridgehead atoms. The average Bonchev–Trinajstić information content (AvgIpc) is 3.27. The van der Waals surface area contributed by atoms with Crippen molar-refractivity contribution in [1.82, 2.24) is 19.4 Å². The second-order valence-electron chi connectivity index (χ2n) is 8.98. The first-order valence-electron chi connectivity index (χ1n) is 11.8. The molecule has 4 heterocycles. The van der Waals surface area contributed by atoms with E-state index in [2.05, 4.69) is 33.2 Å². The molecule has 174 valence electrons. The van der Waals surface area contributed by atoms with Crippen molar-refractivity contribution >= 4 is 17.8 Å². The molecule has 1 atom stereocenters. The number of carbonyl (C=O) groups is 1. The zero-order valence-corrected chi connectivity index (χ0v) is 19.4. The first-order valence-corrected chi connectivity index (χ1v) is 11.8. The molecule has 33 heavy (non-hydrogen) atoms. The Balaban J connectivity index is 1.37. The number of benzene rings is 1. The van der Waals surface area contributed by atoms with E-state index >= 15 is 0 Å². The van der Waals surface area contributed by atoms with Crippen LogP contribution in [0.1, 0.15) is 43.4 Å². The molecule has 1 aromatic heterocycles. The van der Waals surface area contributed by atoms with Crippen molar-refractivity contribution in [1.29, 1.82) is 0 Å². The summed E-state index contributed by atoms with van der Waals surface area (Å²) in [6.07, 6.45) is 10.7. The predicted molar refractivity (Wildman–Crippen MR) is 126 cm³/mol. The van der Waals surface area contributed by atoms with Gasteiger partial charge in [-0.1, -0.05) is 11.2 Å². The lowest BCUT2D eigenvalue weighted by Gasteiger charge is -2.42. The minimum Gasteiger partial charge on any atom is -0.495 e. The topological polar surface area (TPSA) is 72.2 Å². The van der Waals surface area contributed by atoms with Gasteiger partial charge in [-0.05, 0) is 62.0 Å². The third kappa shape index (κ3) is 4.47. The molecule has 0 aliphatic carbocycles.